The van der Waals surface area contributed by atoms with E-state index in [1.807, 2.05) is 20.8 Å². The Morgan fingerprint density at radius 1 is 1.64 bits per heavy atom. The third-order valence-corrected chi connectivity index (χ3v) is 1.06. The molecule has 0 aromatic heterocycles. The molecule has 0 unspecified atom stereocenters. The molecule has 3 heteroatoms. The number of carboxylic acid groups (broad SMARTS) is 1. The van der Waals surface area contributed by atoms with Crippen molar-refractivity contribution in [3.8, 4) is 0 Å². The molecule has 0 radical (unpaired) electrons. The maximum absolute atomic E-state index is 10.4. The predicted molar refractivity (Wildman–Crippen MR) is 44.6 cm³/mol. The normalized spacial score (nSPS) is 15.5. The van der Waals surface area contributed by atoms with E-state index in [0.29, 0.717) is 6.54 Å². The zero-order chi connectivity index (χ0) is 10.7. The van der Waals surface area contributed by atoms with E-state index < -0.39 is 12.3 Å². The molecule has 0 bridgehead atoms. The molecule has 0 aromatic carbocycles. The summed E-state index contributed by atoms with van der Waals surface area (Å²) in [7, 11) is 0. The van der Waals surface area contributed by atoms with Gasteiger partial charge in [0.1, 0.15) is 0 Å². The molecule has 66 valence electrons. The second-order valence-corrected chi connectivity index (χ2v) is 3.41. The first kappa shape index (κ1) is 7.10. The summed E-state index contributed by atoms with van der Waals surface area (Å²) in [5.74, 6) is -1.40. The summed E-state index contributed by atoms with van der Waals surface area (Å²) in [5.41, 5.74) is -0.103. The number of hydrogen-bond acceptors (Lipinski definition) is 2. The van der Waals surface area contributed by atoms with E-state index in [-0.39, 0.29) is 12.0 Å². The van der Waals surface area contributed by atoms with Crippen LogP contribution in [-0.2, 0) is 4.79 Å². The summed E-state index contributed by atoms with van der Waals surface area (Å²) in [5, 5.41) is 11.5. The largest absolute Gasteiger partial charge is 0.481 e. The zero-order valence-corrected chi connectivity index (χ0v) is 7.27. The van der Waals surface area contributed by atoms with Crippen molar-refractivity contribution >= 4 is 5.97 Å². The summed E-state index contributed by atoms with van der Waals surface area (Å²) in [6, 6.07) is 0. The molecule has 0 aromatic rings. The highest BCUT2D eigenvalue weighted by molar-refractivity contribution is 5.66. The molecule has 0 atom stereocenters. The SMILES string of the molecule is [2H]C([2H])(CCNC(C)(C)C)C(=O)O. The van der Waals surface area contributed by atoms with Crippen LogP contribution >= 0.6 is 0 Å². The van der Waals surface area contributed by atoms with Gasteiger partial charge in [-0.1, -0.05) is 0 Å². The second-order valence-electron chi connectivity index (χ2n) is 3.41. The lowest BCUT2D eigenvalue weighted by Crippen LogP contribution is -2.36. The molecule has 0 fully saturated rings. The van der Waals surface area contributed by atoms with Crippen molar-refractivity contribution in [1.29, 1.82) is 0 Å². The molecule has 0 saturated heterocycles. The molecule has 2 N–H and O–H groups in total. The molecule has 0 heterocycles. The van der Waals surface area contributed by atoms with Crippen LogP contribution in [0.1, 0.15) is 36.3 Å². The van der Waals surface area contributed by atoms with E-state index in [1.165, 1.54) is 0 Å². The molecule has 0 rings (SSSR count). The van der Waals surface area contributed by atoms with E-state index in [1.54, 1.807) is 0 Å². The van der Waals surface area contributed by atoms with Crippen molar-refractivity contribution in [3.63, 3.8) is 0 Å². The number of aliphatic carboxylic acids is 1. The summed E-state index contributed by atoms with van der Waals surface area (Å²) < 4.78 is 14.2. The first-order valence-corrected chi connectivity index (χ1v) is 3.63. The fourth-order valence-corrected chi connectivity index (χ4v) is 0.607. The van der Waals surface area contributed by atoms with Crippen LogP contribution in [0, 0.1) is 0 Å². The summed E-state index contributed by atoms with van der Waals surface area (Å²) in [4.78, 5) is 10.4. The van der Waals surface area contributed by atoms with Crippen molar-refractivity contribution in [2.75, 3.05) is 6.54 Å². The van der Waals surface area contributed by atoms with Gasteiger partial charge in [0.25, 0.3) is 0 Å². The van der Waals surface area contributed by atoms with Crippen LogP contribution in [-0.4, -0.2) is 23.2 Å². The number of carbonyl (C=O) groups is 1. The standard InChI is InChI=1S/C8H17NO2/c1-8(2,3)9-6-4-5-7(10)11/h9H,4-6H2,1-3H3,(H,10,11)/i5D2. The van der Waals surface area contributed by atoms with Crippen molar-refractivity contribution in [2.45, 2.75) is 39.1 Å². The minimum Gasteiger partial charge on any atom is -0.481 e. The number of nitrogens with one attached hydrogen (secondary N) is 1. The fraction of sp³-hybridized carbons (Fsp3) is 0.875. The molecule has 11 heavy (non-hydrogen) atoms. The van der Waals surface area contributed by atoms with Crippen LogP contribution in [0.4, 0.5) is 0 Å². The van der Waals surface area contributed by atoms with E-state index in [9.17, 15) is 4.79 Å². The molecular formula is C8H17NO2. The highest BCUT2D eigenvalue weighted by Crippen LogP contribution is 1.98. The lowest BCUT2D eigenvalue weighted by molar-refractivity contribution is -0.137. The maximum atomic E-state index is 10.4. The van der Waals surface area contributed by atoms with Crippen LogP contribution in [0.5, 0.6) is 0 Å². The fourth-order valence-electron chi connectivity index (χ4n) is 0.607. The van der Waals surface area contributed by atoms with Gasteiger partial charge in [-0.3, -0.25) is 4.79 Å². The van der Waals surface area contributed by atoms with Gasteiger partial charge in [0, 0.05) is 14.7 Å². The first-order valence-electron chi connectivity index (χ1n) is 4.63. The Labute approximate surface area is 70.6 Å². The van der Waals surface area contributed by atoms with Gasteiger partial charge in [0.15, 0.2) is 0 Å². The average molecular weight is 161 g/mol. The Kier molecular flexibility index (Phi) is 2.80. The third kappa shape index (κ3) is 9.43. The van der Waals surface area contributed by atoms with Gasteiger partial charge in [-0.05, 0) is 33.7 Å². The lowest BCUT2D eigenvalue weighted by Gasteiger charge is -2.19. The first-order chi connectivity index (χ1) is 5.65. The van der Waals surface area contributed by atoms with Crippen molar-refractivity contribution < 1.29 is 12.6 Å². The van der Waals surface area contributed by atoms with E-state index in [0.717, 1.165) is 0 Å². The summed E-state index contributed by atoms with van der Waals surface area (Å²) in [6.45, 7) is 6.21. The Morgan fingerprint density at radius 3 is 2.55 bits per heavy atom. The highest BCUT2D eigenvalue weighted by atomic mass is 16.4. The van der Waals surface area contributed by atoms with Gasteiger partial charge in [-0.15, -0.1) is 0 Å². The average Bonchev–Trinajstić information content (AvgIpc) is 1.82. The number of rotatable bonds is 4. The minimum absolute atomic E-state index is 0.0143. The second kappa shape index (κ2) is 4.34. The third-order valence-electron chi connectivity index (χ3n) is 1.06. The van der Waals surface area contributed by atoms with E-state index >= 15 is 0 Å². The number of hydrogen-bond donors (Lipinski definition) is 2. The van der Waals surface area contributed by atoms with Gasteiger partial charge in [0.05, 0.1) is 0 Å². The topological polar surface area (TPSA) is 49.3 Å². The predicted octanol–water partition coefficient (Wildman–Crippen LogP) is 1.24. The van der Waals surface area contributed by atoms with E-state index in [4.69, 9.17) is 7.85 Å². The Bertz CT molecular complexity index is 187. The molecule has 0 aliphatic heterocycles. The van der Waals surface area contributed by atoms with Crippen molar-refractivity contribution in [1.82, 2.24) is 5.32 Å². The van der Waals surface area contributed by atoms with Crippen molar-refractivity contribution in [2.24, 2.45) is 0 Å². The molecular weight excluding hydrogens is 142 g/mol. The number of carboxylic acids is 1. The Balaban J connectivity index is 3.84. The van der Waals surface area contributed by atoms with Gasteiger partial charge < -0.3 is 10.4 Å². The Hall–Kier alpha value is -0.570. The molecule has 0 spiro atoms. The molecule has 3 nitrogen and oxygen atoms in total. The monoisotopic (exact) mass is 161 g/mol. The quantitative estimate of drug-likeness (QED) is 0.652. The molecule has 0 saturated carbocycles. The summed E-state index contributed by atoms with van der Waals surface area (Å²) >= 11 is 0. The lowest BCUT2D eigenvalue weighted by atomic mass is 10.1. The van der Waals surface area contributed by atoms with Crippen LogP contribution in [0.2, 0.25) is 0 Å². The maximum Gasteiger partial charge on any atom is 0.303 e. The van der Waals surface area contributed by atoms with Crippen LogP contribution in [0.25, 0.3) is 0 Å². The molecule has 0 aliphatic carbocycles. The smallest absolute Gasteiger partial charge is 0.303 e. The van der Waals surface area contributed by atoms with Crippen LogP contribution in [0.15, 0.2) is 0 Å². The van der Waals surface area contributed by atoms with E-state index in [2.05, 4.69) is 5.32 Å². The van der Waals surface area contributed by atoms with Gasteiger partial charge >= 0.3 is 5.97 Å². The van der Waals surface area contributed by atoms with Crippen LogP contribution in [0.3, 0.4) is 0 Å². The molecule has 0 aliphatic rings. The van der Waals surface area contributed by atoms with Crippen LogP contribution < -0.4 is 5.32 Å². The van der Waals surface area contributed by atoms with Crippen molar-refractivity contribution in [3.05, 3.63) is 0 Å². The Morgan fingerprint density at radius 2 is 2.18 bits per heavy atom. The summed E-state index contributed by atoms with van der Waals surface area (Å²) in [6.07, 6.45) is -2.14. The highest BCUT2D eigenvalue weighted by Gasteiger charge is 2.07. The van der Waals surface area contributed by atoms with Gasteiger partial charge in [-0.2, -0.15) is 0 Å². The van der Waals surface area contributed by atoms with Gasteiger partial charge in [0.2, 0.25) is 0 Å². The minimum atomic E-state index is -2.13. The molecule has 0 amide bonds. The van der Waals surface area contributed by atoms with Gasteiger partial charge in [-0.25, -0.2) is 0 Å². The zero-order valence-electron chi connectivity index (χ0n) is 9.27.